The summed E-state index contributed by atoms with van der Waals surface area (Å²) < 4.78 is 29.8. The van der Waals surface area contributed by atoms with Crippen LogP contribution in [0.25, 0.3) is 0 Å². The number of halogens is 1. The number of nitroso groups, excluding NO2 is 1. The highest BCUT2D eigenvalue weighted by Gasteiger charge is 2.60. The molecule has 248 valence electrons. The average molecular weight is 630 g/mol. The van der Waals surface area contributed by atoms with Gasteiger partial charge < -0.3 is 40.5 Å². The van der Waals surface area contributed by atoms with Crippen molar-refractivity contribution in [1.29, 1.82) is 0 Å². The zero-order chi connectivity index (χ0) is 30.8. The fourth-order valence-corrected chi connectivity index (χ4v) is 9.88. The van der Waals surface area contributed by atoms with Gasteiger partial charge in [0.25, 0.3) is 5.91 Å². The lowest BCUT2D eigenvalue weighted by Crippen LogP contribution is -2.75. The second-order valence-electron chi connectivity index (χ2n) is 14.9. The number of fused-ring (bicyclic) bond motifs is 4. The third kappa shape index (κ3) is 5.44. The van der Waals surface area contributed by atoms with E-state index < -0.39 is 24.2 Å². The summed E-state index contributed by atoms with van der Waals surface area (Å²) in [5.74, 6) is -1.23. The number of nitrogens with two attached hydrogens (primary N) is 1. The molecule has 0 bridgehead atoms. The number of carbonyl (C=O) groups is 2. The van der Waals surface area contributed by atoms with E-state index in [0.717, 1.165) is 32.5 Å². The molecule has 4 N–H and O–H groups in total. The quantitative estimate of drug-likeness (QED) is 0.280. The maximum absolute atomic E-state index is 16.2. The number of Topliss-reactive ketones (excluding diaryl/α,β-unsaturated/α-hetero) is 1. The Morgan fingerprint density at radius 2 is 1.87 bits per heavy atom. The van der Waals surface area contributed by atoms with Crippen LogP contribution in [0.15, 0.2) is 16.9 Å². The molecule has 3 aliphatic carbocycles. The smallest absolute Gasteiger partial charge is 0.259 e. The number of ketones is 1. The predicted molar refractivity (Wildman–Crippen MR) is 163 cm³/mol. The number of nitrogens with one attached hydrogen (secondary N) is 2. The number of ether oxygens (including phenoxy) is 2. The molecule has 0 aromatic heterocycles. The van der Waals surface area contributed by atoms with E-state index in [1.165, 1.54) is 12.8 Å². The van der Waals surface area contributed by atoms with Gasteiger partial charge in [0.05, 0.1) is 54.2 Å². The molecule has 12 nitrogen and oxygen atoms in total. The number of likely N-dealkylation sites (tertiary alicyclic amines) is 2. The molecule has 1 amide bonds. The highest BCUT2D eigenvalue weighted by Crippen LogP contribution is 2.47. The van der Waals surface area contributed by atoms with E-state index >= 15 is 4.39 Å². The summed E-state index contributed by atoms with van der Waals surface area (Å²) in [5.41, 5.74) is 6.26. The van der Waals surface area contributed by atoms with Gasteiger partial charge in [-0.15, -0.1) is 0 Å². The van der Waals surface area contributed by atoms with Gasteiger partial charge in [0.2, 0.25) is 0 Å². The van der Waals surface area contributed by atoms with Crippen LogP contribution in [0.1, 0.15) is 57.8 Å². The highest BCUT2D eigenvalue weighted by molar-refractivity contribution is 6.20. The molecule has 13 heteroatoms. The number of hydrogen-bond acceptors (Lipinski definition) is 11. The van der Waals surface area contributed by atoms with Gasteiger partial charge in [-0.1, -0.05) is 5.18 Å². The molecule has 3 saturated carbocycles. The van der Waals surface area contributed by atoms with E-state index in [2.05, 4.69) is 25.6 Å². The standard InChI is InChI=1S/C32H48FN7O5/c33-21-12-19-29-31(28(21)35-6-10-38-7-1-2-8-38)45-27-13-23-26(44-25-11-18(37-43)3-4-22(25)36-23)14-24(27)40(29)16-20(30(19)41)32(42)39-9-5-17(34)15-39/h16-19,21-29,31,35-36H,1-15,34H2/t17-,18?,19?,21?,22?,23?,24?,25?,26?,27?,28?,29?,31?/m0/s1. The molecule has 8 aliphatic rings. The number of hydrogen-bond donors (Lipinski definition) is 3. The minimum absolute atomic E-state index is 0.0644. The first-order valence-corrected chi connectivity index (χ1v) is 17.5. The normalized spacial score (nSPS) is 46.1. The van der Waals surface area contributed by atoms with Crippen LogP contribution >= 0.6 is 0 Å². The minimum Gasteiger partial charge on any atom is -0.372 e. The Labute approximate surface area is 263 Å². The number of rotatable bonds is 6. The average Bonchev–Trinajstić information content (AvgIpc) is 3.73. The van der Waals surface area contributed by atoms with Crippen molar-refractivity contribution < 1.29 is 23.5 Å². The summed E-state index contributed by atoms with van der Waals surface area (Å²) in [6, 6.07) is -1.06. The van der Waals surface area contributed by atoms with E-state index in [1.54, 1.807) is 11.1 Å². The Balaban J connectivity index is 1.08. The first-order valence-electron chi connectivity index (χ1n) is 17.5. The maximum Gasteiger partial charge on any atom is 0.259 e. The number of alkyl halides is 1. The topological polar surface area (TPSA) is 142 Å². The molecule has 12 unspecified atom stereocenters. The van der Waals surface area contributed by atoms with Gasteiger partial charge in [0, 0.05) is 62.8 Å². The fourth-order valence-electron chi connectivity index (χ4n) is 9.88. The molecule has 0 spiro atoms. The van der Waals surface area contributed by atoms with E-state index in [-0.39, 0.29) is 78.2 Å². The van der Waals surface area contributed by atoms with Gasteiger partial charge >= 0.3 is 0 Å². The summed E-state index contributed by atoms with van der Waals surface area (Å²) in [7, 11) is 0. The molecule has 5 heterocycles. The predicted octanol–water partition coefficient (Wildman–Crippen LogP) is 0.438. The van der Waals surface area contributed by atoms with Crippen LogP contribution in [0.4, 0.5) is 4.39 Å². The van der Waals surface area contributed by atoms with Gasteiger partial charge in [-0.25, -0.2) is 4.39 Å². The van der Waals surface area contributed by atoms with Crippen molar-refractivity contribution in [1.82, 2.24) is 25.3 Å². The van der Waals surface area contributed by atoms with Crippen LogP contribution < -0.4 is 16.4 Å². The molecule has 8 rings (SSSR count). The van der Waals surface area contributed by atoms with Crippen molar-refractivity contribution in [3.63, 3.8) is 0 Å². The van der Waals surface area contributed by atoms with Gasteiger partial charge in [-0.3, -0.25) is 9.59 Å². The molecule has 5 aliphatic heterocycles. The zero-order valence-electron chi connectivity index (χ0n) is 26.0. The summed E-state index contributed by atoms with van der Waals surface area (Å²) in [5, 5.41) is 10.7. The molecule has 7 fully saturated rings. The number of nitrogens with zero attached hydrogens (tertiary/aromatic N) is 4. The van der Waals surface area contributed by atoms with Crippen LogP contribution in [0.3, 0.4) is 0 Å². The van der Waals surface area contributed by atoms with Gasteiger partial charge in [-0.2, -0.15) is 4.91 Å². The van der Waals surface area contributed by atoms with Gasteiger partial charge in [-0.05, 0) is 64.5 Å². The molecule has 0 aromatic rings. The Bertz CT molecular complexity index is 1200. The Hall–Kier alpha value is -2.03. The number of carbonyl (C=O) groups excluding carboxylic acids is 2. The number of amides is 1. The second kappa shape index (κ2) is 12.2. The van der Waals surface area contributed by atoms with Gasteiger partial charge in [0.1, 0.15) is 6.17 Å². The molecule has 0 aromatic carbocycles. The van der Waals surface area contributed by atoms with Crippen molar-refractivity contribution >= 4 is 11.7 Å². The SMILES string of the molecule is N[C@H]1CCN(C(=O)C2=CN3C4CC5OC6CC(N=O)CCC6NC5CC4OC4C(NCCN5CCCC5)C(F)CC(C2=O)C43)C1. The lowest BCUT2D eigenvalue weighted by Gasteiger charge is -2.61. The summed E-state index contributed by atoms with van der Waals surface area (Å²) in [6.07, 6.45) is 6.42. The maximum atomic E-state index is 16.2. The minimum atomic E-state index is -1.26. The Morgan fingerprint density at radius 3 is 2.64 bits per heavy atom. The monoisotopic (exact) mass is 629 g/mol. The Morgan fingerprint density at radius 1 is 1.04 bits per heavy atom. The second-order valence-corrected chi connectivity index (χ2v) is 14.9. The van der Waals surface area contributed by atoms with Crippen LogP contribution in [-0.4, -0.2) is 139 Å². The van der Waals surface area contributed by atoms with Crippen molar-refractivity contribution in [2.75, 3.05) is 39.3 Å². The fraction of sp³-hybridized carbons (Fsp3) is 0.875. The van der Waals surface area contributed by atoms with Crippen LogP contribution in [-0.2, 0) is 19.1 Å². The van der Waals surface area contributed by atoms with E-state index in [9.17, 15) is 14.5 Å². The lowest BCUT2D eigenvalue weighted by molar-refractivity contribution is -0.222. The van der Waals surface area contributed by atoms with Crippen molar-refractivity contribution in [3.8, 4) is 0 Å². The summed E-state index contributed by atoms with van der Waals surface area (Å²) in [6.45, 7) is 4.64. The molecular formula is C32H48FN7O5. The highest BCUT2D eigenvalue weighted by atomic mass is 19.1. The van der Waals surface area contributed by atoms with Gasteiger partial charge in [0.15, 0.2) is 5.78 Å². The van der Waals surface area contributed by atoms with Crippen LogP contribution in [0, 0.1) is 10.8 Å². The molecular weight excluding hydrogens is 581 g/mol. The molecule has 0 radical (unpaired) electrons. The first-order chi connectivity index (χ1) is 21.9. The van der Waals surface area contributed by atoms with Crippen molar-refractivity contribution in [2.45, 2.75) is 131 Å². The lowest BCUT2D eigenvalue weighted by atomic mass is 9.69. The van der Waals surface area contributed by atoms with Crippen LogP contribution in [0.2, 0.25) is 0 Å². The molecule has 4 saturated heterocycles. The van der Waals surface area contributed by atoms with E-state index in [4.69, 9.17) is 15.2 Å². The molecule has 13 atom stereocenters. The molecule has 45 heavy (non-hydrogen) atoms. The first kappa shape index (κ1) is 30.3. The third-order valence-corrected chi connectivity index (χ3v) is 12.2. The summed E-state index contributed by atoms with van der Waals surface area (Å²) in [4.78, 5) is 45.4. The van der Waals surface area contributed by atoms with Crippen molar-refractivity contribution in [2.24, 2.45) is 16.8 Å². The zero-order valence-corrected chi connectivity index (χ0v) is 26.0. The van der Waals surface area contributed by atoms with E-state index in [0.29, 0.717) is 45.3 Å². The van der Waals surface area contributed by atoms with Crippen LogP contribution in [0.5, 0.6) is 0 Å². The summed E-state index contributed by atoms with van der Waals surface area (Å²) >= 11 is 0. The van der Waals surface area contributed by atoms with E-state index in [1.807, 2.05) is 0 Å². The number of morpholine rings is 2. The third-order valence-electron chi connectivity index (χ3n) is 12.2. The Kier molecular flexibility index (Phi) is 8.22. The van der Waals surface area contributed by atoms with Crippen molar-refractivity contribution in [3.05, 3.63) is 16.7 Å². The largest absolute Gasteiger partial charge is 0.372 e.